The average molecular weight is 552 g/mol. The lowest BCUT2D eigenvalue weighted by Gasteiger charge is -2.16. The van der Waals surface area contributed by atoms with Gasteiger partial charge in [0.2, 0.25) is 0 Å². The maximum absolute atomic E-state index is 6.49. The number of para-hydroxylation sites is 2. The highest BCUT2D eigenvalue weighted by atomic mass is 16.3. The van der Waals surface area contributed by atoms with Crippen molar-refractivity contribution in [2.24, 2.45) is 0 Å². The van der Waals surface area contributed by atoms with Crippen LogP contribution in [0.2, 0.25) is 0 Å². The fourth-order valence-corrected chi connectivity index (χ4v) is 5.71. The summed E-state index contributed by atoms with van der Waals surface area (Å²) in [7, 11) is 0. The van der Waals surface area contributed by atoms with E-state index in [9.17, 15) is 0 Å². The molecule has 0 atom stereocenters. The monoisotopic (exact) mass is 551 g/mol. The third kappa shape index (κ3) is 4.46. The fraction of sp³-hybridized carbons (Fsp3) is 0. The molecule has 0 aliphatic rings. The second-order valence-corrected chi connectivity index (χ2v) is 10.4. The van der Waals surface area contributed by atoms with Gasteiger partial charge >= 0.3 is 0 Å². The molecule has 3 heterocycles. The normalized spacial score (nSPS) is 11.3. The van der Waals surface area contributed by atoms with Crippen molar-refractivity contribution in [2.45, 2.75) is 0 Å². The van der Waals surface area contributed by atoms with Crippen LogP contribution in [0.15, 0.2) is 156 Å². The van der Waals surface area contributed by atoms with Crippen LogP contribution >= 0.6 is 0 Å². The maximum Gasteiger partial charge on any atom is 0.144 e. The smallest absolute Gasteiger partial charge is 0.144 e. The molecule has 0 amide bonds. The minimum absolute atomic E-state index is 0.775. The van der Waals surface area contributed by atoms with E-state index in [4.69, 9.17) is 14.4 Å². The molecule has 0 fully saturated rings. The second kappa shape index (κ2) is 10.5. The lowest BCUT2D eigenvalue weighted by atomic mass is 9.97. The molecule has 8 rings (SSSR count). The Kier molecular flexibility index (Phi) is 6.08. The van der Waals surface area contributed by atoms with Crippen LogP contribution in [0.25, 0.3) is 78.1 Å². The fourth-order valence-electron chi connectivity index (χ4n) is 5.71. The molecule has 0 saturated heterocycles. The summed E-state index contributed by atoms with van der Waals surface area (Å²) in [5, 5.41) is 2.14. The topological polar surface area (TPSA) is 51.8 Å². The van der Waals surface area contributed by atoms with Gasteiger partial charge in [0.15, 0.2) is 0 Å². The highest BCUT2D eigenvalue weighted by molar-refractivity contribution is 6.10. The molecular formula is C39H25N3O. The van der Waals surface area contributed by atoms with E-state index < -0.39 is 0 Å². The van der Waals surface area contributed by atoms with E-state index in [0.717, 1.165) is 78.1 Å². The van der Waals surface area contributed by atoms with Crippen molar-refractivity contribution in [1.82, 2.24) is 15.0 Å². The van der Waals surface area contributed by atoms with Gasteiger partial charge in [0.05, 0.1) is 17.1 Å². The third-order valence-electron chi connectivity index (χ3n) is 7.80. The van der Waals surface area contributed by atoms with Crippen LogP contribution in [-0.4, -0.2) is 15.0 Å². The average Bonchev–Trinajstić information content (AvgIpc) is 3.48. The van der Waals surface area contributed by atoms with Gasteiger partial charge in [-0.2, -0.15) is 0 Å². The van der Waals surface area contributed by atoms with Crippen LogP contribution in [-0.2, 0) is 0 Å². The van der Waals surface area contributed by atoms with Crippen LogP contribution in [0.5, 0.6) is 0 Å². The van der Waals surface area contributed by atoms with E-state index in [1.807, 2.05) is 66.9 Å². The first-order valence-electron chi connectivity index (χ1n) is 14.3. The molecule has 0 saturated carbocycles. The van der Waals surface area contributed by atoms with Gasteiger partial charge < -0.3 is 4.42 Å². The Morgan fingerprint density at radius 1 is 0.395 bits per heavy atom. The zero-order chi connectivity index (χ0) is 28.6. The number of furan rings is 1. The molecule has 202 valence electrons. The molecule has 0 radical (unpaired) electrons. The van der Waals surface area contributed by atoms with Crippen molar-refractivity contribution in [2.75, 3.05) is 0 Å². The molecular weight excluding hydrogens is 526 g/mol. The zero-order valence-electron chi connectivity index (χ0n) is 23.2. The highest BCUT2D eigenvalue weighted by Gasteiger charge is 2.22. The molecule has 5 aromatic carbocycles. The van der Waals surface area contributed by atoms with Crippen molar-refractivity contribution in [3.05, 3.63) is 152 Å². The number of aromatic nitrogens is 3. The predicted octanol–water partition coefficient (Wildman–Crippen LogP) is 10.1. The Balaban J connectivity index is 1.42. The predicted molar refractivity (Wildman–Crippen MR) is 174 cm³/mol. The lowest BCUT2D eigenvalue weighted by molar-refractivity contribution is 0.670. The van der Waals surface area contributed by atoms with E-state index in [-0.39, 0.29) is 0 Å². The summed E-state index contributed by atoms with van der Waals surface area (Å²) in [6.07, 6.45) is 3.67. The Bertz CT molecular complexity index is 2210. The Hall–Kier alpha value is -5.87. The zero-order valence-corrected chi connectivity index (χ0v) is 23.2. The number of pyridine rings is 1. The van der Waals surface area contributed by atoms with Gasteiger partial charge in [0.25, 0.3) is 0 Å². The molecule has 43 heavy (non-hydrogen) atoms. The van der Waals surface area contributed by atoms with Gasteiger partial charge in [-0.3, -0.25) is 4.98 Å². The first-order valence-corrected chi connectivity index (χ1v) is 14.3. The Labute approximate surface area is 249 Å². The minimum Gasteiger partial charge on any atom is -0.455 e. The van der Waals surface area contributed by atoms with Crippen LogP contribution in [0.1, 0.15) is 0 Å². The van der Waals surface area contributed by atoms with Crippen LogP contribution in [0.4, 0.5) is 0 Å². The first-order chi connectivity index (χ1) is 21.3. The van der Waals surface area contributed by atoms with Crippen molar-refractivity contribution in [1.29, 1.82) is 0 Å². The maximum atomic E-state index is 6.49. The van der Waals surface area contributed by atoms with Gasteiger partial charge in [-0.15, -0.1) is 0 Å². The van der Waals surface area contributed by atoms with Gasteiger partial charge in [-0.1, -0.05) is 121 Å². The number of nitrogens with zero attached hydrogens (tertiary/aromatic N) is 3. The van der Waals surface area contributed by atoms with Crippen molar-refractivity contribution >= 4 is 21.9 Å². The number of hydrogen-bond acceptors (Lipinski definition) is 4. The van der Waals surface area contributed by atoms with Crippen molar-refractivity contribution in [3.8, 4) is 56.2 Å². The summed E-state index contributed by atoms with van der Waals surface area (Å²) in [6.45, 7) is 0. The number of rotatable bonds is 5. The highest BCUT2D eigenvalue weighted by Crippen LogP contribution is 2.41. The Morgan fingerprint density at radius 2 is 0.953 bits per heavy atom. The minimum atomic E-state index is 0.775. The van der Waals surface area contributed by atoms with Crippen LogP contribution < -0.4 is 0 Å². The van der Waals surface area contributed by atoms with E-state index in [1.54, 1.807) is 6.20 Å². The molecule has 8 aromatic rings. The van der Waals surface area contributed by atoms with Gasteiger partial charge in [0, 0.05) is 45.4 Å². The molecule has 0 bridgehead atoms. The molecule has 0 N–H and O–H groups in total. The van der Waals surface area contributed by atoms with Gasteiger partial charge in [-0.05, 0) is 29.3 Å². The van der Waals surface area contributed by atoms with Crippen LogP contribution in [0.3, 0.4) is 0 Å². The van der Waals surface area contributed by atoms with Crippen LogP contribution in [0, 0.1) is 0 Å². The molecule has 0 aliphatic carbocycles. The summed E-state index contributed by atoms with van der Waals surface area (Å²) >= 11 is 0. The van der Waals surface area contributed by atoms with E-state index in [2.05, 4.69) is 83.8 Å². The summed E-state index contributed by atoms with van der Waals surface area (Å²) in [4.78, 5) is 15.1. The standard InChI is InChI=1S/C39H25N3O/c1-3-11-27(12-4-1)35-36(28-13-5-2-6-14-28)42-38(33-18-9-17-32-31-16-7-8-19-34(31)43-39(32)33)37(41-35)29-22-20-26(21-23-29)30-15-10-24-40-25-30/h1-25H. The van der Waals surface area contributed by atoms with Gasteiger partial charge in [-0.25, -0.2) is 9.97 Å². The van der Waals surface area contributed by atoms with Crippen molar-refractivity contribution < 1.29 is 4.42 Å². The molecule has 0 unspecified atom stereocenters. The SMILES string of the molecule is c1ccc(-c2nc(-c3ccc(-c4cccnc4)cc3)c(-c3cccc4c3oc3ccccc34)nc2-c2ccccc2)cc1. The summed E-state index contributed by atoms with van der Waals surface area (Å²) in [5.41, 5.74) is 10.9. The first kappa shape index (κ1) is 24.9. The van der Waals surface area contributed by atoms with E-state index >= 15 is 0 Å². The number of hydrogen-bond donors (Lipinski definition) is 0. The summed E-state index contributed by atoms with van der Waals surface area (Å²) < 4.78 is 6.49. The van der Waals surface area contributed by atoms with E-state index in [0.29, 0.717) is 0 Å². The summed E-state index contributed by atoms with van der Waals surface area (Å²) in [6, 6.07) is 47.5. The molecule has 0 aliphatic heterocycles. The second-order valence-electron chi connectivity index (χ2n) is 10.4. The number of benzene rings is 5. The largest absolute Gasteiger partial charge is 0.455 e. The Morgan fingerprint density at radius 3 is 1.65 bits per heavy atom. The molecule has 0 spiro atoms. The summed E-state index contributed by atoms with van der Waals surface area (Å²) in [5.74, 6) is 0. The molecule has 3 aromatic heterocycles. The van der Waals surface area contributed by atoms with Crippen molar-refractivity contribution in [3.63, 3.8) is 0 Å². The number of fused-ring (bicyclic) bond motifs is 3. The quantitative estimate of drug-likeness (QED) is 0.214. The lowest BCUT2D eigenvalue weighted by Crippen LogP contribution is -2.01. The molecule has 4 heteroatoms. The van der Waals surface area contributed by atoms with Gasteiger partial charge in [0.1, 0.15) is 16.9 Å². The third-order valence-corrected chi connectivity index (χ3v) is 7.80. The molecule has 4 nitrogen and oxygen atoms in total. The van der Waals surface area contributed by atoms with E-state index in [1.165, 1.54) is 0 Å².